The molecule has 0 atom stereocenters. The van der Waals surface area contributed by atoms with Gasteiger partial charge in [0.15, 0.2) is 4.67 Å². The fourth-order valence-electron chi connectivity index (χ4n) is 1.71. The maximum Gasteiger partial charge on any atom is 0.260 e. The third-order valence-electron chi connectivity index (χ3n) is 2.57. The number of nitrogens with one attached hydrogen (secondary N) is 1. The highest BCUT2D eigenvalue weighted by molar-refractivity contribution is 9.10. The van der Waals surface area contributed by atoms with Gasteiger partial charge in [0.25, 0.3) is 5.91 Å². The van der Waals surface area contributed by atoms with Crippen molar-refractivity contribution in [3.8, 4) is 0 Å². The molecule has 0 radical (unpaired) electrons. The number of carbonyl (C=O) groups is 1. The van der Waals surface area contributed by atoms with Crippen LogP contribution in [0, 0.1) is 0 Å². The van der Waals surface area contributed by atoms with Crippen molar-refractivity contribution in [3.05, 3.63) is 52.4 Å². The summed E-state index contributed by atoms with van der Waals surface area (Å²) in [6.07, 6.45) is 1.47. The molecule has 1 heterocycles. The second-order valence-electron chi connectivity index (χ2n) is 4.50. The van der Waals surface area contributed by atoms with E-state index in [4.69, 9.17) is 4.42 Å². The molecule has 5 heteroatoms. The minimum Gasteiger partial charge on any atom is -0.457 e. The van der Waals surface area contributed by atoms with E-state index in [-0.39, 0.29) is 5.91 Å². The minimum absolute atomic E-state index is 0.194. The monoisotopic (exact) mass is 322 g/mol. The van der Waals surface area contributed by atoms with Crippen molar-refractivity contribution in [1.29, 1.82) is 0 Å². The van der Waals surface area contributed by atoms with Crippen molar-refractivity contribution in [2.24, 2.45) is 0 Å². The number of benzene rings is 1. The molecule has 0 aliphatic carbocycles. The third kappa shape index (κ3) is 3.68. The summed E-state index contributed by atoms with van der Waals surface area (Å²) in [6, 6.07) is 9.41. The fraction of sp³-hybridized carbons (Fsp3) is 0.214. The SMILES string of the molecule is CN(C)Cc1ccc(NC(=O)c2ccoc2Br)cc1. The van der Waals surface area contributed by atoms with Crippen LogP contribution in [-0.4, -0.2) is 24.9 Å². The van der Waals surface area contributed by atoms with Gasteiger partial charge in [-0.2, -0.15) is 0 Å². The van der Waals surface area contributed by atoms with Crippen LogP contribution in [0.1, 0.15) is 15.9 Å². The average molecular weight is 323 g/mol. The summed E-state index contributed by atoms with van der Waals surface area (Å²) < 4.78 is 5.48. The molecule has 19 heavy (non-hydrogen) atoms. The van der Waals surface area contributed by atoms with Gasteiger partial charge in [-0.3, -0.25) is 4.79 Å². The van der Waals surface area contributed by atoms with E-state index in [0.717, 1.165) is 12.2 Å². The number of halogens is 1. The third-order valence-corrected chi connectivity index (χ3v) is 3.19. The van der Waals surface area contributed by atoms with Crippen LogP contribution in [0.15, 0.2) is 45.7 Å². The molecule has 0 aliphatic rings. The normalized spacial score (nSPS) is 10.7. The Hall–Kier alpha value is -1.59. The Morgan fingerprint density at radius 1 is 1.26 bits per heavy atom. The Morgan fingerprint density at radius 3 is 2.47 bits per heavy atom. The van der Waals surface area contributed by atoms with E-state index in [1.54, 1.807) is 6.07 Å². The van der Waals surface area contributed by atoms with Gasteiger partial charge in [-0.1, -0.05) is 12.1 Å². The number of hydrogen-bond donors (Lipinski definition) is 1. The van der Waals surface area contributed by atoms with E-state index >= 15 is 0 Å². The zero-order valence-electron chi connectivity index (χ0n) is 10.8. The Balaban J connectivity index is 2.04. The maximum atomic E-state index is 11.9. The Kier molecular flexibility index (Phi) is 4.39. The summed E-state index contributed by atoms with van der Waals surface area (Å²) >= 11 is 3.19. The van der Waals surface area contributed by atoms with Crippen LogP contribution in [0.5, 0.6) is 0 Å². The molecule has 2 aromatic rings. The standard InChI is InChI=1S/C14H15BrN2O2/c1-17(2)9-10-3-5-11(6-4-10)16-14(18)12-7-8-19-13(12)15/h3-8H,9H2,1-2H3,(H,16,18). The number of carbonyl (C=O) groups excluding carboxylic acids is 1. The molecule has 0 bridgehead atoms. The molecular weight excluding hydrogens is 308 g/mol. The number of furan rings is 1. The van der Waals surface area contributed by atoms with Gasteiger partial charge < -0.3 is 14.6 Å². The number of nitrogens with zero attached hydrogens (tertiary/aromatic N) is 1. The first-order valence-corrected chi connectivity index (χ1v) is 6.63. The van der Waals surface area contributed by atoms with Crippen molar-refractivity contribution in [2.45, 2.75) is 6.54 Å². The molecule has 1 amide bonds. The van der Waals surface area contributed by atoms with Gasteiger partial charge in [0.2, 0.25) is 0 Å². The number of amides is 1. The number of rotatable bonds is 4. The molecule has 1 aromatic carbocycles. The van der Waals surface area contributed by atoms with Crippen molar-refractivity contribution >= 4 is 27.5 Å². The van der Waals surface area contributed by atoms with E-state index in [0.29, 0.717) is 10.2 Å². The summed E-state index contributed by atoms with van der Waals surface area (Å²) in [5.41, 5.74) is 2.45. The molecule has 0 fully saturated rings. The highest BCUT2D eigenvalue weighted by Gasteiger charge is 2.12. The lowest BCUT2D eigenvalue weighted by molar-refractivity contribution is 0.102. The van der Waals surface area contributed by atoms with Gasteiger partial charge in [-0.25, -0.2) is 0 Å². The van der Waals surface area contributed by atoms with Crippen LogP contribution in [0.25, 0.3) is 0 Å². The van der Waals surface area contributed by atoms with Crippen molar-refractivity contribution in [3.63, 3.8) is 0 Å². The van der Waals surface area contributed by atoms with E-state index in [1.807, 2.05) is 38.4 Å². The van der Waals surface area contributed by atoms with Gasteiger partial charge in [0.1, 0.15) is 0 Å². The maximum absolute atomic E-state index is 11.9. The summed E-state index contributed by atoms with van der Waals surface area (Å²) in [5.74, 6) is -0.194. The zero-order valence-corrected chi connectivity index (χ0v) is 12.4. The van der Waals surface area contributed by atoms with Gasteiger partial charge in [-0.05, 0) is 53.8 Å². The van der Waals surface area contributed by atoms with Crippen molar-refractivity contribution < 1.29 is 9.21 Å². The second-order valence-corrected chi connectivity index (χ2v) is 5.22. The van der Waals surface area contributed by atoms with Crippen LogP contribution >= 0.6 is 15.9 Å². The zero-order chi connectivity index (χ0) is 13.8. The lowest BCUT2D eigenvalue weighted by atomic mass is 10.2. The molecule has 0 aliphatic heterocycles. The van der Waals surface area contributed by atoms with E-state index < -0.39 is 0 Å². The van der Waals surface area contributed by atoms with Crippen LogP contribution in [0.4, 0.5) is 5.69 Å². The number of hydrogen-bond acceptors (Lipinski definition) is 3. The summed E-state index contributed by atoms with van der Waals surface area (Å²) in [6.45, 7) is 0.876. The van der Waals surface area contributed by atoms with E-state index in [1.165, 1.54) is 11.8 Å². The molecule has 4 nitrogen and oxygen atoms in total. The first kappa shape index (κ1) is 13.8. The smallest absolute Gasteiger partial charge is 0.260 e. The first-order valence-electron chi connectivity index (χ1n) is 5.84. The molecule has 0 saturated heterocycles. The molecule has 1 aromatic heterocycles. The lowest BCUT2D eigenvalue weighted by Gasteiger charge is -2.10. The van der Waals surface area contributed by atoms with Crippen molar-refractivity contribution in [1.82, 2.24) is 4.90 Å². The van der Waals surface area contributed by atoms with Gasteiger partial charge >= 0.3 is 0 Å². The van der Waals surface area contributed by atoms with Crippen LogP contribution in [0.3, 0.4) is 0 Å². The van der Waals surface area contributed by atoms with Gasteiger partial charge in [0.05, 0.1) is 11.8 Å². The molecule has 2 rings (SSSR count). The molecule has 0 spiro atoms. The topological polar surface area (TPSA) is 45.5 Å². The van der Waals surface area contributed by atoms with Crippen LogP contribution < -0.4 is 5.32 Å². The average Bonchev–Trinajstić information content (AvgIpc) is 2.77. The molecule has 0 saturated carbocycles. The largest absolute Gasteiger partial charge is 0.457 e. The molecule has 1 N–H and O–H groups in total. The molecule has 100 valence electrons. The highest BCUT2D eigenvalue weighted by atomic mass is 79.9. The lowest BCUT2D eigenvalue weighted by Crippen LogP contribution is -2.12. The van der Waals surface area contributed by atoms with E-state index in [2.05, 4.69) is 26.1 Å². The Labute approximate surface area is 120 Å². The predicted molar refractivity (Wildman–Crippen MR) is 78.2 cm³/mol. The molecular formula is C14H15BrN2O2. The predicted octanol–water partition coefficient (Wildman–Crippen LogP) is 3.36. The van der Waals surface area contributed by atoms with Crippen LogP contribution in [0.2, 0.25) is 0 Å². The van der Waals surface area contributed by atoms with Gasteiger partial charge in [0, 0.05) is 12.2 Å². The minimum atomic E-state index is -0.194. The quantitative estimate of drug-likeness (QED) is 0.938. The summed E-state index contributed by atoms with van der Waals surface area (Å²) in [4.78, 5) is 14.0. The first-order chi connectivity index (χ1) is 9.06. The van der Waals surface area contributed by atoms with Crippen molar-refractivity contribution in [2.75, 3.05) is 19.4 Å². The highest BCUT2D eigenvalue weighted by Crippen LogP contribution is 2.19. The Morgan fingerprint density at radius 2 is 1.95 bits per heavy atom. The van der Waals surface area contributed by atoms with Crippen LogP contribution in [-0.2, 0) is 6.54 Å². The van der Waals surface area contributed by atoms with Gasteiger partial charge in [-0.15, -0.1) is 0 Å². The number of anilines is 1. The van der Waals surface area contributed by atoms with E-state index in [9.17, 15) is 4.79 Å². The Bertz CT molecular complexity index is 561. The fourth-order valence-corrected chi connectivity index (χ4v) is 2.13. The molecule has 0 unspecified atom stereocenters. The summed E-state index contributed by atoms with van der Waals surface area (Å²) in [7, 11) is 4.04. The summed E-state index contributed by atoms with van der Waals surface area (Å²) in [5, 5.41) is 2.82. The second kappa shape index (κ2) is 6.04.